The molecule has 6 heteroatoms. The van der Waals surface area contributed by atoms with Gasteiger partial charge in [-0.2, -0.15) is 0 Å². The van der Waals surface area contributed by atoms with Crippen molar-refractivity contribution in [1.82, 2.24) is 0 Å². The van der Waals surface area contributed by atoms with Gasteiger partial charge in [0.05, 0.1) is 19.3 Å². The fourth-order valence-electron chi connectivity index (χ4n) is 3.83. The molecule has 0 fully saturated rings. The number of halogens is 1. The van der Waals surface area contributed by atoms with Gasteiger partial charge in [0.15, 0.2) is 11.5 Å². The minimum absolute atomic E-state index is 0.0158. The van der Waals surface area contributed by atoms with E-state index < -0.39 is 14.6 Å². The molecule has 1 aliphatic rings. The lowest BCUT2D eigenvalue weighted by Crippen LogP contribution is -2.33. The summed E-state index contributed by atoms with van der Waals surface area (Å²) in [6, 6.07) is 5.96. The number of benzene rings is 1. The summed E-state index contributed by atoms with van der Waals surface area (Å²) in [6.45, 7) is 10.7. The molecule has 0 saturated carbocycles. The summed E-state index contributed by atoms with van der Waals surface area (Å²) >= 11 is 6.71. The van der Waals surface area contributed by atoms with Crippen molar-refractivity contribution in [2.45, 2.75) is 65.1 Å². The number of rotatable bonds is 8. The van der Waals surface area contributed by atoms with E-state index in [9.17, 15) is 5.11 Å². The van der Waals surface area contributed by atoms with E-state index >= 15 is 0 Å². The van der Waals surface area contributed by atoms with Crippen LogP contribution in [-0.2, 0) is 10.8 Å². The number of aryl methyl sites for hydroxylation is 1. The monoisotopic (exact) mass is 426 g/mol. The molecule has 0 radical (unpaired) electrons. The summed E-state index contributed by atoms with van der Waals surface area (Å²) < 4.78 is 16.8. The van der Waals surface area contributed by atoms with Crippen molar-refractivity contribution >= 4 is 20.6 Å². The van der Waals surface area contributed by atoms with Gasteiger partial charge in [-0.05, 0) is 61.9 Å². The summed E-state index contributed by atoms with van der Waals surface area (Å²) in [5.74, 6) is 2.19. The normalized spacial score (nSPS) is 22.7. The third-order valence-corrected chi connectivity index (χ3v) is 6.53. The first-order chi connectivity index (χ1) is 13.0. The van der Waals surface area contributed by atoms with Gasteiger partial charge in [0.2, 0.25) is 9.04 Å². The van der Waals surface area contributed by atoms with E-state index in [1.165, 1.54) is 0 Å². The second kappa shape index (κ2) is 9.10. The van der Waals surface area contributed by atoms with Gasteiger partial charge in [0.1, 0.15) is 11.4 Å². The van der Waals surface area contributed by atoms with Crippen molar-refractivity contribution < 1.29 is 19.0 Å². The van der Waals surface area contributed by atoms with Crippen molar-refractivity contribution in [2.75, 3.05) is 14.2 Å². The lowest BCUT2D eigenvalue weighted by Gasteiger charge is -2.31. The van der Waals surface area contributed by atoms with E-state index in [2.05, 4.69) is 33.9 Å². The van der Waals surface area contributed by atoms with Crippen molar-refractivity contribution in [3.8, 4) is 11.5 Å². The lowest BCUT2D eigenvalue weighted by molar-refractivity contribution is 0.0196. The Labute approximate surface area is 176 Å². The maximum absolute atomic E-state index is 11.5. The van der Waals surface area contributed by atoms with Gasteiger partial charge in [-0.25, -0.2) is 0 Å². The van der Waals surface area contributed by atoms with Crippen molar-refractivity contribution in [3.05, 3.63) is 34.6 Å². The van der Waals surface area contributed by atoms with Crippen LogP contribution in [0.25, 0.3) is 0 Å². The number of allylic oxidation sites excluding steroid dienone is 1. The molecule has 1 N–H and O–H groups in total. The number of methoxy groups -OCH3 is 2. The Kier molecular flexibility index (Phi) is 7.51. The van der Waals surface area contributed by atoms with Crippen LogP contribution in [0.5, 0.6) is 11.5 Å². The quantitative estimate of drug-likeness (QED) is 0.575. The molecule has 1 aromatic rings. The highest BCUT2D eigenvalue weighted by molar-refractivity contribution is 6.49. The average molecular weight is 427 g/mol. The molecule has 158 valence electrons. The molecule has 1 aromatic carbocycles. The minimum Gasteiger partial charge on any atom is -0.547 e. The first kappa shape index (κ1) is 23.1. The summed E-state index contributed by atoms with van der Waals surface area (Å²) in [5.41, 5.74) is 0.156. The van der Waals surface area contributed by atoms with E-state index in [1.54, 1.807) is 14.2 Å². The molecule has 0 heterocycles. The molecule has 2 unspecified atom stereocenters. The van der Waals surface area contributed by atoms with E-state index in [0.29, 0.717) is 23.6 Å². The van der Waals surface area contributed by atoms with Crippen LogP contribution in [0.1, 0.15) is 45.6 Å². The molecule has 0 amide bonds. The summed E-state index contributed by atoms with van der Waals surface area (Å²) in [6.07, 6.45) is 2.92. The zero-order valence-electron chi connectivity index (χ0n) is 18.3. The molecule has 0 bridgehead atoms. The summed E-state index contributed by atoms with van der Waals surface area (Å²) in [5, 5.41) is 12.2. The average Bonchev–Trinajstić information content (AvgIpc) is 2.86. The third-order valence-electron chi connectivity index (χ3n) is 5.39. The zero-order valence-corrected chi connectivity index (χ0v) is 20.2. The first-order valence-electron chi connectivity index (χ1n) is 10.0. The maximum atomic E-state index is 11.5. The van der Waals surface area contributed by atoms with Gasteiger partial charge < -0.3 is 19.0 Å². The van der Waals surface area contributed by atoms with Crippen LogP contribution in [0.4, 0.5) is 0 Å². The Morgan fingerprint density at radius 2 is 1.82 bits per heavy atom. The molecule has 28 heavy (non-hydrogen) atoms. The van der Waals surface area contributed by atoms with Gasteiger partial charge in [0.25, 0.3) is 0 Å². The van der Waals surface area contributed by atoms with E-state index in [4.69, 9.17) is 25.5 Å². The standard InChI is InChI=1S/C22H35ClO4Si/c1-21(2,3)16-14-22(24,20(19(16)23)27-28(6)7)12-8-9-15-10-11-17(25-4)18(13-15)26-5/h10-11,13,16,24,28H,8-9,12,14H2,1-7H3. The summed E-state index contributed by atoms with van der Waals surface area (Å²) in [7, 11) is 1.90. The van der Waals surface area contributed by atoms with Crippen molar-refractivity contribution in [2.24, 2.45) is 11.3 Å². The number of aliphatic hydroxyl groups is 1. The van der Waals surface area contributed by atoms with Crippen LogP contribution in [0.2, 0.25) is 13.1 Å². The Bertz CT molecular complexity index is 711. The Balaban J connectivity index is 2.13. The molecular weight excluding hydrogens is 392 g/mol. The van der Waals surface area contributed by atoms with Crippen LogP contribution in [0.15, 0.2) is 29.0 Å². The van der Waals surface area contributed by atoms with Crippen molar-refractivity contribution in [3.63, 3.8) is 0 Å². The van der Waals surface area contributed by atoms with Crippen LogP contribution >= 0.6 is 11.6 Å². The molecule has 2 atom stereocenters. The molecule has 0 saturated heterocycles. The van der Waals surface area contributed by atoms with E-state index in [0.717, 1.165) is 29.9 Å². The van der Waals surface area contributed by atoms with Crippen LogP contribution in [0.3, 0.4) is 0 Å². The first-order valence-corrected chi connectivity index (χ1v) is 13.2. The highest BCUT2D eigenvalue weighted by atomic mass is 35.5. The third kappa shape index (κ3) is 5.25. The largest absolute Gasteiger partial charge is 0.547 e. The lowest BCUT2D eigenvalue weighted by atomic mass is 9.78. The van der Waals surface area contributed by atoms with E-state index in [-0.39, 0.29) is 11.3 Å². The molecule has 0 aromatic heterocycles. The van der Waals surface area contributed by atoms with Crippen LogP contribution in [-0.4, -0.2) is 34.0 Å². The Morgan fingerprint density at radius 3 is 2.36 bits per heavy atom. The van der Waals surface area contributed by atoms with Crippen LogP contribution in [0, 0.1) is 11.3 Å². The van der Waals surface area contributed by atoms with Crippen molar-refractivity contribution in [1.29, 1.82) is 0 Å². The number of ether oxygens (including phenoxy) is 2. The van der Waals surface area contributed by atoms with Gasteiger partial charge in [-0.1, -0.05) is 38.4 Å². The summed E-state index contributed by atoms with van der Waals surface area (Å²) in [4.78, 5) is 0. The van der Waals surface area contributed by atoms with Crippen LogP contribution < -0.4 is 9.47 Å². The van der Waals surface area contributed by atoms with Gasteiger partial charge in [0, 0.05) is 5.92 Å². The fourth-order valence-corrected chi connectivity index (χ4v) is 5.34. The van der Waals surface area contributed by atoms with Gasteiger partial charge in [-0.3, -0.25) is 0 Å². The zero-order chi connectivity index (χ0) is 21.1. The maximum Gasteiger partial charge on any atom is 0.229 e. The molecule has 1 aliphatic carbocycles. The highest BCUT2D eigenvalue weighted by Crippen LogP contribution is 2.51. The highest BCUT2D eigenvalue weighted by Gasteiger charge is 2.49. The molecule has 4 nitrogen and oxygen atoms in total. The molecular formula is C22H35ClO4Si. The topological polar surface area (TPSA) is 47.9 Å². The second-order valence-corrected chi connectivity index (χ2v) is 11.8. The fraction of sp³-hybridized carbons (Fsp3) is 0.636. The SMILES string of the molecule is COc1ccc(CCCC2(O)CC(C(C)(C)C)C(Cl)=C2O[SiH](C)C)cc1OC. The van der Waals surface area contributed by atoms with Gasteiger partial charge in [-0.15, -0.1) is 0 Å². The molecule has 2 rings (SSSR count). The Morgan fingerprint density at radius 1 is 1.18 bits per heavy atom. The molecule has 0 spiro atoms. The van der Waals surface area contributed by atoms with Gasteiger partial charge >= 0.3 is 0 Å². The second-order valence-electron chi connectivity index (χ2n) is 9.04. The Hall–Kier alpha value is -1.17. The predicted molar refractivity (Wildman–Crippen MR) is 118 cm³/mol. The number of hydrogen-bond acceptors (Lipinski definition) is 4. The van der Waals surface area contributed by atoms with E-state index in [1.807, 2.05) is 18.2 Å². The smallest absolute Gasteiger partial charge is 0.229 e. The molecule has 0 aliphatic heterocycles. The predicted octanol–water partition coefficient (Wildman–Crippen LogP) is 5.27. The minimum atomic E-state index is -1.37. The number of hydrogen-bond donors (Lipinski definition) is 1.